The summed E-state index contributed by atoms with van der Waals surface area (Å²) in [5.41, 5.74) is 0.416. The molecule has 6 nitrogen and oxygen atoms in total. The van der Waals surface area contributed by atoms with Gasteiger partial charge in [-0.2, -0.15) is 0 Å². The lowest BCUT2D eigenvalue weighted by atomic mass is 10.0. The first-order valence-electron chi connectivity index (χ1n) is 7.72. The number of fused-ring (bicyclic) bond motifs is 1. The van der Waals surface area contributed by atoms with Crippen LogP contribution in [0, 0.1) is 11.8 Å². The number of halogens is 1. The number of nitrogens with one attached hydrogen (secondary N) is 2. The molecule has 0 bridgehead atoms. The predicted molar refractivity (Wildman–Crippen MR) is 94.8 cm³/mol. The Morgan fingerprint density at radius 3 is 2.62 bits per heavy atom. The van der Waals surface area contributed by atoms with Crippen LogP contribution >= 0.6 is 12.4 Å². The van der Waals surface area contributed by atoms with Crippen molar-refractivity contribution < 1.29 is 13.2 Å². The van der Waals surface area contributed by atoms with E-state index in [1.165, 1.54) is 18.2 Å². The summed E-state index contributed by atoms with van der Waals surface area (Å²) in [6.45, 7) is 7.03. The van der Waals surface area contributed by atoms with Crippen LogP contribution in [0.15, 0.2) is 41.8 Å². The molecule has 2 fully saturated rings. The van der Waals surface area contributed by atoms with Gasteiger partial charge in [0.15, 0.2) is 0 Å². The number of likely N-dealkylation sites (tertiary alicyclic amines) is 1. The Kier molecular flexibility index (Phi) is 6.03. The molecule has 2 aliphatic rings. The number of benzene rings is 1. The first-order valence-corrected chi connectivity index (χ1v) is 9.20. The van der Waals surface area contributed by atoms with E-state index in [9.17, 15) is 13.2 Å². The number of sulfonamides is 1. The second-order valence-electron chi connectivity index (χ2n) is 6.06. The lowest BCUT2D eigenvalue weighted by Gasteiger charge is -2.18. The Morgan fingerprint density at radius 1 is 1.33 bits per heavy atom. The third kappa shape index (κ3) is 3.80. The Labute approximate surface area is 148 Å². The monoisotopic (exact) mass is 371 g/mol. The van der Waals surface area contributed by atoms with E-state index in [1.54, 1.807) is 12.1 Å². The van der Waals surface area contributed by atoms with Gasteiger partial charge >= 0.3 is 0 Å². The molecule has 1 amide bonds. The van der Waals surface area contributed by atoms with Gasteiger partial charge in [0, 0.05) is 38.3 Å². The molecule has 0 radical (unpaired) electrons. The highest BCUT2D eigenvalue weighted by Gasteiger charge is 2.38. The second kappa shape index (κ2) is 7.65. The number of hydrogen-bond acceptors (Lipinski definition) is 4. The predicted octanol–water partition coefficient (Wildman–Crippen LogP) is 0.864. The third-order valence-corrected chi connectivity index (χ3v) is 5.91. The first-order chi connectivity index (χ1) is 11.0. The van der Waals surface area contributed by atoms with Crippen molar-refractivity contribution in [1.82, 2.24) is 14.9 Å². The average Bonchev–Trinajstić information content (AvgIpc) is 3.14. The van der Waals surface area contributed by atoms with E-state index >= 15 is 0 Å². The topological polar surface area (TPSA) is 78.5 Å². The van der Waals surface area contributed by atoms with Crippen LogP contribution in [-0.2, 0) is 10.0 Å². The summed E-state index contributed by atoms with van der Waals surface area (Å²) in [4.78, 5) is 14.6. The van der Waals surface area contributed by atoms with Crippen LogP contribution in [0.25, 0.3) is 0 Å². The normalized spacial score (nSPS) is 22.8. The molecule has 1 aromatic rings. The first kappa shape index (κ1) is 18.9. The molecule has 0 aliphatic carbocycles. The van der Waals surface area contributed by atoms with Gasteiger partial charge in [-0.25, -0.2) is 13.1 Å². The van der Waals surface area contributed by atoms with Crippen molar-refractivity contribution in [3.05, 3.63) is 42.5 Å². The molecule has 3 rings (SSSR count). The molecule has 132 valence electrons. The highest BCUT2D eigenvalue weighted by Crippen LogP contribution is 2.27. The lowest BCUT2D eigenvalue weighted by Crippen LogP contribution is -2.32. The minimum Gasteiger partial charge on any atom is -0.338 e. The smallest absolute Gasteiger partial charge is 0.253 e. The van der Waals surface area contributed by atoms with Crippen LogP contribution in [0.2, 0.25) is 0 Å². The number of carbonyl (C=O) groups is 1. The van der Waals surface area contributed by atoms with Crippen molar-refractivity contribution in [2.45, 2.75) is 4.90 Å². The summed E-state index contributed by atoms with van der Waals surface area (Å²) in [5, 5.41) is 3.34. The van der Waals surface area contributed by atoms with E-state index in [1.807, 2.05) is 4.90 Å². The minimum atomic E-state index is -3.62. The molecule has 2 saturated heterocycles. The quantitative estimate of drug-likeness (QED) is 0.753. The van der Waals surface area contributed by atoms with Crippen molar-refractivity contribution in [3.8, 4) is 0 Å². The van der Waals surface area contributed by atoms with E-state index < -0.39 is 10.0 Å². The van der Waals surface area contributed by atoms with Crippen molar-refractivity contribution in [2.75, 3.05) is 32.7 Å². The molecular formula is C16H22ClN3O3S. The van der Waals surface area contributed by atoms with Crippen LogP contribution in [0.3, 0.4) is 0 Å². The van der Waals surface area contributed by atoms with E-state index in [0.717, 1.165) is 26.2 Å². The fourth-order valence-corrected chi connectivity index (χ4v) is 4.30. The van der Waals surface area contributed by atoms with Gasteiger partial charge in [-0.1, -0.05) is 12.1 Å². The van der Waals surface area contributed by atoms with Crippen LogP contribution in [0.5, 0.6) is 0 Å². The Hall–Kier alpha value is -1.41. The summed E-state index contributed by atoms with van der Waals surface area (Å²) in [6.07, 6.45) is 1.48. The Morgan fingerprint density at radius 2 is 2.00 bits per heavy atom. The molecule has 8 heteroatoms. The summed E-state index contributed by atoms with van der Waals surface area (Å²) in [6, 6.07) is 6.21. The van der Waals surface area contributed by atoms with Crippen LogP contribution in [-0.4, -0.2) is 51.9 Å². The van der Waals surface area contributed by atoms with Crippen LogP contribution in [0.1, 0.15) is 10.4 Å². The van der Waals surface area contributed by atoms with Gasteiger partial charge in [0.2, 0.25) is 10.0 Å². The maximum absolute atomic E-state index is 12.6. The molecule has 2 N–H and O–H groups in total. The molecule has 0 spiro atoms. The van der Waals surface area contributed by atoms with Gasteiger partial charge in [0.25, 0.3) is 5.91 Å². The fourth-order valence-electron chi connectivity index (χ4n) is 3.25. The van der Waals surface area contributed by atoms with Crippen molar-refractivity contribution in [3.63, 3.8) is 0 Å². The maximum atomic E-state index is 12.6. The summed E-state index contributed by atoms with van der Waals surface area (Å²) >= 11 is 0. The van der Waals surface area contributed by atoms with Crippen LogP contribution in [0.4, 0.5) is 0 Å². The molecule has 0 saturated carbocycles. The summed E-state index contributed by atoms with van der Waals surface area (Å²) in [5.74, 6) is 0.931. The molecular weight excluding hydrogens is 350 g/mol. The molecule has 2 atom stereocenters. The SMILES string of the molecule is C=CCNS(=O)(=O)c1cccc(C(=O)N2C[C@H]3CNC[C@H]3C2)c1.Cl. The Balaban J connectivity index is 0.00000208. The molecule has 1 aromatic carbocycles. The lowest BCUT2D eigenvalue weighted by molar-refractivity contribution is 0.0781. The zero-order valence-corrected chi connectivity index (χ0v) is 14.9. The van der Waals surface area contributed by atoms with E-state index in [-0.39, 0.29) is 29.8 Å². The number of carbonyl (C=O) groups excluding carboxylic acids is 1. The van der Waals surface area contributed by atoms with Crippen molar-refractivity contribution in [2.24, 2.45) is 11.8 Å². The van der Waals surface area contributed by atoms with Crippen molar-refractivity contribution >= 4 is 28.3 Å². The van der Waals surface area contributed by atoms with Gasteiger partial charge in [-0.3, -0.25) is 4.79 Å². The van der Waals surface area contributed by atoms with Gasteiger partial charge in [0.05, 0.1) is 4.90 Å². The van der Waals surface area contributed by atoms with Gasteiger partial charge < -0.3 is 10.2 Å². The summed E-state index contributed by atoms with van der Waals surface area (Å²) < 4.78 is 26.7. The van der Waals surface area contributed by atoms with Crippen molar-refractivity contribution in [1.29, 1.82) is 0 Å². The second-order valence-corrected chi connectivity index (χ2v) is 7.82. The standard InChI is InChI=1S/C16H21N3O3S.ClH/c1-2-6-18-23(21,22)15-5-3-4-12(7-15)16(20)19-10-13-8-17-9-14(13)11-19;/h2-5,7,13-14,17-18H,1,6,8-11H2;1H/t13-,14+;. The zero-order chi connectivity index (χ0) is 16.4. The molecule has 2 heterocycles. The van der Waals surface area contributed by atoms with E-state index in [2.05, 4.69) is 16.6 Å². The fraction of sp³-hybridized carbons (Fsp3) is 0.438. The molecule has 24 heavy (non-hydrogen) atoms. The van der Waals surface area contributed by atoms with Gasteiger partial charge in [0.1, 0.15) is 0 Å². The molecule has 0 aromatic heterocycles. The highest BCUT2D eigenvalue weighted by molar-refractivity contribution is 7.89. The largest absolute Gasteiger partial charge is 0.338 e. The minimum absolute atomic E-state index is 0. The summed E-state index contributed by atoms with van der Waals surface area (Å²) in [7, 11) is -3.62. The van der Waals surface area contributed by atoms with Crippen LogP contribution < -0.4 is 10.0 Å². The van der Waals surface area contributed by atoms with Gasteiger partial charge in [-0.05, 0) is 30.0 Å². The van der Waals surface area contributed by atoms with E-state index in [4.69, 9.17) is 0 Å². The van der Waals surface area contributed by atoms with Gasteiger partial charge in [-0.15, -0.1) is 19.0 Å². The Bertz CT molecular complexity index is 711. The number of rotatable bonds is 5. The average molecular weight is 372 g/mol. The number of amides is 1. The zero-order valence-electron chi connectivity index (χ0n) is 13.3. The number of hydrogen-bond donors (Lipinski definition) is 2. The third-order valence-electron chi connectivity index (χ3n) is 4.49. The maximum Gasteiger partial charge on any atom is 0.253 e. The number of nitrogens with zero attached hydrogens (tertiary/aromatic N) is 1. The molecule has 0 unspecified atom stereocenters. The van der Waals surface area contributed by atoms with E-state index in [0.29, 0.717) is 17.4 Å². The highest BCUT2D eigenvalue weighted by atomic mass is 35.5. The molecule has 2 aliphatic heterocycles.